The van der Waals surface area contributed by atoms with E-state index in [1.54, 1.807) is 0 Å². The number of carbonyl (C=O) groups excluding carboxylic acids is 1. The largest absolute Gasteiger partial charge is 0.461 e. The maximum atomic E-state index is 11.5. The van der Waals surface area contributed by atoms with Gasteiger partial charge in [0.05, 0.1) is 6.42 Å². The minimum absolute atomic E-state index is 0. The summed E-state index contributed by atoms with van der Waals surface area (Å²) in [5.41, 5.74) is 6.79. The van der Waals surface area contributed by atoms with Gasteiger partial charge in [0.15, 0.2) is 0 Å². The number of rotatable bonds is 6. The number of halogens is 1. The van der Waals surface area contributed by atoms with Crippen molar-refractivity contribution in [2.75, 3.05) is 20.6 Å². The quantitative estimate of drug-likeness (QED) is 0.796. The van der Waals surface area contributed by atoms with Crippen molar-refractivity contribution >= 4 is 18.4 Å². The number of likely N-dealkylation sites (N-methyl/N-ethyl adjacent to an activating group) is 1. The maximum absolute atomic E-state index is 11.5. The first kappa shape index (κ1) is 16.9. The number of carbonyl (C=O) groups is 1. The topological polar surface area (TPSA) is 55.6 Å². The van der Waals surface area contributed by atoms with Crippen LogP contribution in [0.2, 0.25) is 0 Å². The first-order valence-electron chi connectivity index (χ1n) is 5.68. The Kier molecular flexibility index (Phi) is 8.37. The van der Waals surface area contributed by atoms with Crippen LogP contribution in [0.25, 0.3) is 0 Å². The van der Waals surface area contributed by atoms with E-state index in [9.17, 15) is 4.79 Å². The standard InChI is InChI=1S/C13H20N2O2.ClH/c1-15(2)9-12(14)8-13(16)17-10-11-6-4-3-5-7-11;/h3-7,12H,8-10,14H2,1-2H3;1H. The molecule has 1 aromatic carbocycles. The summed E-state index contributed by atoms with van der Waals surface area (Å²) < 4.78 is 5.14. The Morgan fingerprint density at radius 1 is 1.33 bits per heavy atom. The molecule has 0 aliphatic rings. The second-order valence-electron chi connectivity index (χ2n) is 4.37. The third-order valence-electron chi connectivity index (χ3n) is 2.27. The molecule has 0 aliphatic heterocycles. The summed E-state index contributed by atoms with van der Waals surface area (Å²) in [6.07, 6.45) is 0.255. The van der Waals surface area contributed by atoms with Gasteiger partial charge >= 0.3 is 5.97 Å². The van der Waals surface area contributed by atoms with E-state index >= 15 is 0 Å². The van der Waals surface area contributed by atoms with Crippen LogP contribution < -0.4 is 5.73 Å². The van der Waals surface area contributed by atoms with E-state index in [2.05, 4.69) is 0 Å². The smallest absolute Gasteiger partial charge is 0.307 e. The van der Waals surface area contributed by atoms with Crippen molar-refractivity contribution in [3.63, 3.8) is 0 Å². The van der Waals surface area contributed by atoms with Crippen LogP contribution in [0.5, 0.6) is 0 Å². The predicted octanol–water partition coefficient (Wildman–Crippen LogP) is 1.43. The fraction of sp³-hybridized carbons (Fsp3) is 0.462. The molecule has 0 amide bonds. The number of nitrogens with zero attached hydrogens (tertiary/aromatic N) is 1. The Balaban J connectivity index is 0.00000289. The number of ether oxygens (including phenoxy) is 1. The molecule has 0 fully saturated rings. The first-order chi connectivity index (χ1) is 8.08. The number of nitrogens with two attached hydrogens (primary N) is 1. The number of hydrogen-bond donors (Lipinski definition) is 1. The Bertz CT molecular complexity index is 344. The second-order valence-corrected chi connectivity index (χ2v) is 4.37. The van der Waals surface area contributed by atoms with Gasteiger partial charge in [-0.3, -0.25) is 4.79 Å². The van der Waals surface area contributed by atoms with Crippen molar-refractivity contribution in [1.29, 1.82) is 0 Å². The van der Waals surface area contributed by atoms with Gasteiger partial charge in [0, 0.05) is 12.6 Å². The Labute approximate surface area is 115 Å². The lowest BCUT2D eigenvalue weighted by Gasteiger charge is -2.16. The van der Waals surface area contributed by atoms with Gasteiger partial charge in [-0.25, -0.2) is 0 Å². The molecule has 0 bridgehead atoms. The minimum atomic E-state index is -0.247. The van der Waals surface area contributed by atoms with E-state index in [0.717, 1.165) is 5.56 Å². The van der Waals surface area contributed by atoms with Gasteiger partial charge in [0.25, 0.3) is 0 Å². The van der Waals surface area contributed by atoms with Crippen LogP contribution in [-0.2, 0) is 16.1 Å². The van der Waals surface area contributed by atoms with Crippen LogP contribution in [0.15, 0.2) is 30.3 Å². The Morgan fingerprint density at radius 2 is 1.94 bits per heavy atom. The maximum Gasteiger partial charge on any atom is 0.307 e. The van der Waals surface area contributed by atoms with Gasteiger partial charge in [-0.2, -0.15) is 0 Å². The molecule has 4 nitrogen and oxygen atoms in total. The molecule has 2 N–H and O–H groups in total. The van der Waals surface area contributed by atoms with Crippen LogP contribution >= 0.6 is 12.4 Å². The fourth-order valence-corrected chi connectivity index (χ4v) is 1.54. The summed E-state index contributed by atoms with van der Waals surface area (Å²) in [5.74, 6) is -0.247. The van der Waals surface area contributed by atoms with Crippen molar-refractivity contribution in [2.24, 2.45) is 5.73 Å². The molecule has 0 heterocycles. The molecule has 0 spiro atoms. The molecule has 1 atom stereocenters. The third kappa shape index (κ3) is 7.27. The van der Waals surface area contributed by atoms with Crippen LogP contribution in [0, 0.1) is 0 Å². The van der Waals surface area contributed by atoms with Crippen molar-refractivity contribution in [1.82, 2.24) is 4.90 Å². The third-order valence-corrected chi connectivity index (χ3v) is 2.27. The number of benzene rings is 1. The zero-order chi connectivity index (χ0) is 12.7. The van der Waals surface area contributed by atoms with Gasteiger partial charge in [0.1, 0.15) is 6.61 Å². The zero-order valence-electron chi connectivity index (χ0n) is 10.8. The highest BCUT2D eigenvalue weighted by molar-refractivity contribution is 5.85. The normalized spacial score (nSPS) is 11.8. The highest BCUT2D eigenvalue weighted by Gasteiger charge is 2.11. The molecule has 102 valence electrons. The molecule has 0 aliphatic carbocycles. The first-order valence-corrected chi connectivity index (χ1v) is 5.68. The summed E-state index contributed by atoms with van der Waals surface area (Å²) in [7, 11) is 3.85. The molecule has 1 unspecified atom stereocenters. The second kappa shape index (κ2) is 8.91. The molecule has 0 aromatic heterocycles. The van der Waals surface area contributed by atoms with Gasteiger partial charge in [-0.05, 0) is 19.7 Å². The molecular formula is C13H21ClN2O2. The van der Waals surface area contributed by atoms with Gasteiger partial charge < -0.3 is 15.4 Å². The van der Waals surface area contributed by atoms with Crippen molar-refractivity contribution in [3.05, 3.63) is 35.9 Å². The molecule has 1 rings (SSSR count). The van der Waals surface area contributed by atoms with E-state index < -0.39 is 0 Å². The van der Waals surface area contributed by atoms with E-state index in [1.165, 1.54) is 0 Å². The van der Waals surface area contributed by atoms with E-state index in [1.807, 2.05) is 49.3 Å². The van der Waals surface area contributed by atoms with Crippen molar-refractivity contribution in [2.45, 2.75) is 19.1 Å². The van der Waals surface area contributed by atoms with E-state index in [-0.39, 0.29) is 30.8 Å². The predicted molar refractivity (Wildman–Crippen MR) is 74.6 cm³/mol. The van der Waals surface area contributed by atoms with Crippen molar-refractivity contribution < 1.29 is 9.53 Å². The number of hydrogen-bond acceptors (Lipinski definition) is 4. The average Bonchev–Trinajstić information content (AvgIpc) is 2.26. The Hall–Kier alpha value is -1.10. The monoisotopic (exact) mass is 272 g/mol. The van der Waals surface area contributed by atoms with Gasteiger partial charge in [0.2, 0.25) is 0 Å². The van der Waals surface area contributed by atoms with Crippen LogP contribution in [0.1, 0.15) is 12.0 Å². The van der Waals surface area contributed by atoms with Crippen LogP contribution in [0.4, 0.5) is 0 Å². The van der Waals surface area contributed by atoms with Crippen molar-refractivity contribution in [3.8, 4) is 0 Å². The van der Waals surface area contributed by atoms with Gasteiger partial charge in [-0.15, -0.1) is 12.4 Å². The van der Waals surface area contributed by atoms with Crippen LogP contribution in [0.3, 0.4) is 0 Å². The number of esters is 1. The lowest BCUT2D eigenvalue weighted by Crippen LogP contribution is -2.35. The summed E-state index contributed by atoms with van der Waals surface area (Å²) >= 11 is 0. The molecule has 18 heavy (non-hydrogen) atoms. The summed E-state index contributed by atoms with van der Waals surface area (Å²) in [4.78, 5) is 13.4. The van der Waals surface area contributed by atoms with E-state index in [4.69, 9.17) is 10.5 Å². The summed E-state index contributed by atoms with van der Waals surface area (Å²) in [5, 5.41) is 0. The lowest BCUT2D eigenvalue weighted by atomic mass is 10.2. The Morgan fingerprint density at radius 3 is 2.50 bits per heavy atom. The highest BCUT2D eigenvalue weighted by atomic mass is 35.5. The highest BCUT2D eigenvalue weighted by Crippen LogP contribution is 2.02. The molecule has 5 heteroatoms. The summed E-state index contributed by atoms with van der Waals surface area (Å²) in [6, 6.07) is 9.44. The minimum Gasteiger partial charge on any atom is -0.461 e. The lowest BCUT2D eigenvalue weighted by molar-refractivity contribution is -0.145. The van der Waals surface area contributed by atoms with E-state index in [0.29, 0.717) is 13.2 Å². The van der Waals surface area contributed by atoms with Gasteiger partial charge in [-0.1, -0.05) is 30.3 Å². The molecule has 0 saturated carbocycles. The summed E-state index contributed by atoms with van der Waals surface area (Å²) in [6.45, 7) is 0.995. The zero-order valence-corrected chi connectivity index (χ0v) is 11.7. The molecule has 1 aromatic rings. The molecule has 0 radical (unpaired) electrons. The molecular weight excluding hydrogens is 252 g/mol. The fourth-order valence-electron chi connectivity index (χ4n) is 1.54. The van der Waals surface area contributed by atoms with Crippen LogP contribution in [-0.4, -0.2) is 37.6 Å². The molecule has 0 saturated heterocycles. The average molecular weight is 273 g/mol. The SMILES string of the molecule is CN(C)CC(N)CC(=O)OCc1ccccc1.Cl.